The molecular weight excluding hydrogens is 397 g/mol. The zero-order chi connectivity index (χ0) is 20.3. The summed E-state index contributed by atoms with van der Waals surface area (Å²) in [6, 6.07) is 7.98. The van der Waals surface area contributed by atoms with Crippen LogP contribution in [0.15, 0.2) is 36.4 Å². The lowest BCUT2D eigenvalue weighted by molar-refractivity contribution is -0.137. The van der Waals surface area contributed by atoms with Crippen molar-refractivity contribution in [3.63, 3.8) is 0 Å². The molecule has 1 heterocycles. The van der Waals surface area contributed by atoms with Crippen molar-refractivity contribution in [2.75, 3.05) is 12.4 Å². The first-order valence-corrected chi connectivity index (χ1v) is 8.71. The zero-order valence-electron chi connectivity index (χ0n) is 14.9. The molecule has 1 N–H and O–H groups in total. The summed E-state index contributed by atoms with van der Waals surface area (Å²) in [5.74, 6) is 0.989. The number of hydrogen-bond acceptors (Lipinski definition) is 6. The first-order valence-electron chi connectivity index (χ1n) is 8.28. The average molecular weight is 413 g/mol. The maximum absolute atomic E-state index is 12.9. The van der Waals surface area contributed by atoms with Gasteiger partial charge in [0.25, 0.3) is 0 Å². The number of rotatable bonds is 6. The molecule has 10 heteroatoms. The summed E-state index contributed by atoms with van der Waals surface area (Å²) in [6.07, 6.45) is -3.87. The predicted molar refractivity (Wildman–Crippen MR) is 99.2 cm³/mol. The van der Waals surface area contributed by atoms with E-state index < -0.39 is 17.3 Å². The van der Waals surface area contributed by atoms with Crippen molar-refractivity contribution in [2.45, 2.75) is 25.1 Å². The summed E-state index contributed by atoms with van der Waals surface area (Å²) < 4.78 is 49.7. The number of hydrogen-bond donors (Lipinski definition) is 1. The van der Waals surface area contributed by atoms with Gasteiger partial charge in [-0.1, -0.05) is 24.6 Å². The van der Waals surface area contributed by atoms with E-state index in [1.165, 1.54) is 19.2 Å². The second-order valence-corrected chi connectivity index (χ2v) is 6.28. The lowest BCUT2D eigenvalue weighted by Crippen LogP contribution is -2.08. The molecule has 2 aromatic carbocycles. The van der Waals surface area contributed by atoms with Crippen LogP contribution in [0.2, 0.25) is 0 Å². The van der Waals surface area contributed by atoms with Crippen LogP contribution in [0, 0.1) is 0 Å². The van der Waals surface area contributed by atoms with Gasteiger partial charge < -0.3 is 14.8 Å². The summed E-state index contributed by atoms with van der Waals surface area (Å²) >= 11 is 6.04. The zero-order valence-corrected chi connectivity index (χ0v) is 15.7. The van der Waals surface area contributed by atoms with Crippen molar-refractivity contribution in [3.8, 4) is 11.5 Å². The van der Waals surface area contributed by atoms with Crippen LogP contribution in [-0.4, -0.2) is 28.1 Å². The van der Waals surface area contributed by atoms with Crippen LogP contribution in [0.1, 0.15) is 18.9 Å². The average Bonchev–Trinajstić information content (AvgIpc) is 2.67. The molecule has 0 fully saturated rings. The fourth-order valence-electron chi connectivity index (χ4n) is 2.47. The third-order valence-electron chi connectivity index (χ3n) is 3.86. The third kappa shape index (κ3) is 4.36. The number of methoxy groups -OCH3 is 1. The van der Waals surface area contributed by atoms with Gasteiger partial charge in [-0.15, -0.1) is 10.2 Å². The van der Waals surface area contributed by atoms with Crippen LogP contribution in [0.25, 0.3) is 10.9 Å². The predicted octanol–water partition coefficient (Wildman–Crippen LogP) is 5.15. The van der Waals surface area contributed by atoms with Gasteiger partial charge in [0.05, 0.1) is 18.1 Å². The molecular formula is C18H16ClF3N4O2. The highest BCUT2D eigenvalue weighted by Gasteiger charge is 2.30. The Morgan fingerprint density at radius 3 is 2.61 bits per heavy atom. The topological polar surface area (TPSA) is 69.2 Å². The lowest BCUT2D eigenvalue weighted by atomic mass is 10.1. The van der Waals surface area contributed by atoms with E-state index in [2.05, 4.69) is 20.7 Å². The Labute approximate surface area is 163 Å². The van der Waals surface area contributed by atoms with Gasteiger partial charge in [0.15, 0.2) is 22.9 Å². The molecule has 3 aromatic rings. The quantitative estimate of drug-likeness (QED) is 0.565. The van der Waals surface area contributed by atoms with E-state index in [0.717, 1.165) is 12.1 Å². The highest BCUT2D eigenvalue weighted by Crippen LogP contribution is 2.36. The van der Waals surface area contributed by atoms with Crippen molar-refractivity contribution in [3.05, 3.63) is 42.0 Å². The normalized spacial score (nSPS) is 12.6. The minimum absolute atomic E-state index is 0.211. The van der Waals surface area contributed by atoms with Crippen LogP contribution >= 0.6 is 11.6 Å². The summed E-state index contributed by atoms with van der Waals surface area (Å²) in [5, 5.41) is 14.9. The first kappa shape index (κ1) is 19.9. The summed E-state index contributed by atoms with van der Waals surface area (Å²) in [7, 11) is 1.46. The number of ether oxygens (including phenoxy) is 2. The molecule has 1 aromatic heterocycles. The fourth-order valence-corrected chi connectivity index (χ4v) is 2.56. The van der Waals surface area contributed by atoms with E-state index in [4.69, 9.17) is 21.1 Å². The van der Waals surface area contributed by atoms with Gasteiger partial charge in [-0.25, -0.2) is 0 Å². The fraction of sp³-hybridized carbons (Fsp3) is 0.278. The number of nitrogens with zero attached hydrogens (tertiary/aromatic N) is 3. The Morgan fingerprint density at radius 1 is 1.14 bits per heavy atom. The van der Waals surface area contributed by atoms with E-state index in [1.807, 2.05) is 6.92 Å². The van der Waals surface area contributed by atoms with E-state index >= 15 is 0 Å². The number of anilines is 2. The second-order valence-electron chi connectivity index (χ2n) is 5.80. The standard InChI is InChI=1S/C18H16ClF3N4O2/c1-3-16(19)28-15-9-13-12(8-14(15)27-2)17(25-26-24-13)23-11-6-4-5-10(7-11)18(20,21)22/h4-9,16H,3H2,1-2H3,(H,23,24,25). The van der Waals surface area contributed by atoms with Crippen LogP contribution in [0.4, 0.5) is 24.7 Å². The highest BCUT2D eigenvalue weighted by atomic mass is 35.5. The Hall–Kier alpha value is -2.81. The molecule has 0 saturated carbocycles. The largest absolute Gasteiger partial charge is 0.493 e. The molecule has 6 nitrogen and oxygen atoms in total. The van der Waals surface area contributed by atoms with Crippen molar-refractivity contribution >= 4 is 34.0 Å². The molecule has 0 aliphatic carbocycles. The summed E-state index contributed by atoms with van der Waals surface area (Å²) in [6.45, 7) is 1.87. The van der Waals surface area contributed by atoms with Crippen LogP contribution in [0.3, 0.4) is 0 Å². The monoisotopic (exact) mass is 412 g/mol. The summed E-state index contributed by atoms with van der Waals surface area (Å²) in [5.41, 5.74) is -0.698. The third-order valence-corrected chi connectivity index (χ3v) is 4.26. The Morgan fingerprint density at radius 2 is 1.93 bits per heavy atom. The van der Waals surface area contributed by atoms with Gasteiger partial charge in [0, 0.05) is 11.8 Å². The Bertz CT molecular complexity index is 985. The van der Waals surface area contributed by atoms with E-state index in [9.17, 15) is 13.2 Å². The van der Waals surface area contributed by atoms with Gasteiger partial charge in [0.1, 0.15) is 5.52 Å². The van der Waals surface area contributed by atoms with Gasteiger partial charge in [-0.2, -0.15) is 13.2 Å². The maximum Gasteiger partial charge on any atom is 0.416 e. The number of fused-ring (bicyclic) bond motifs is 1. The van der Waals surface area contributed by atoms with Crippen molar-refractivity contribution in [2.24, 2.45) is 0 Å². The van der Waals surface area contributed by atoms with Gasteiger partial charge >= 0.3 is 6.18 Å². The smallest absolute Gasteiger partial charge is 0.416 e. The van der Waals surface area contributed by atoms with Gasteiger partial charge in [-0.05, 0) is 35.9 Å². The molecule has 1 atom stereocenters. The molecule has 0 spiro atoms. The number of alkyl halides is 4. The van der Waals surface area contributed by atoms with Crippen LogP contribution in [-0.2, 0) is 6.18 Å². The Balaban J connectivity index is 2.01. The number of nitrogens with one attached hydrogen (secondary N) is 1. The minimum atomic E-state index is -4.45. The lowest BCUT2D eigenvalue weighted by Gasteiger charge is -2.15. The van der Waals surface area contributed by atoms with Gasteiger partial charge in [0.2, 0.25) is 0 Å². The molecule has 0 radical (unpaired) electrons. The van der Waals surface area contributed by atoms with Crippen molar-refractivity contribution in [1.29, 1.82) is 0 Å². The number of aromatic nitrogens is 3. The van der Waals surface area contributed by atoms with E-state index in [-0.39, 0.29) is 11.5 Å². The first-order chi connectivity index (χ1) is 13.3. The minimum Gasteiger partial charge on any atom is -0.493 e. The Kier molecular flexibility index (Phi) is 5.73. The highest BCUT2D eigenvalue weighted by molar-refractivity contribution is 6.19. The van der Waals surface area contributed by atoms with Crippen LogP contribution < -0.4 is 14.8 Å². The van der Waals surface area contributed by atoms with E-state index in [1.54, 1.807) is 12.1 Å². The molecule has 0 amide bonds. The molecule has 0 bridgehead atoms. The number of benzene rings is 2. The molecule has 0 aliphatic heterocycles. The van der Waals surface area contributed by atoms with Crippen LogP contribution in [0.5, 0.6) is 11.5 Å². The molecule has 0 saturated heterocycles. The molecule has 0 aliphatic rings. The molecule has 28 heavy (non-hydrogen) atoms. The molecule has 148 valence electrons. The SMILES string of the molecule is CCC(Cl)Oc1cc2nnnc(Nc3cccc(C(F)(F)F)c3)c2cc1OC. The second kappa shape index (κ2) is 8.05. The molecule has 3 rings (SSSR count). The van der Waals surface area contributed by atoms with Crippen molar-refractivity contribution in [1.82, 2.24) is 15.4 Å². The van der Waals surface area contributed by atoms with Crippen molar-refractivity contribution < 1.29 is 22.6 Å². The summed E-state index contributed by atoms with van der Waals surface area (Å²) in [4.78, 5) is 0. The molecule has 1 unspecified atom stereocenters. The van der Waals surface area contributed by atoms with Gasteiger partial charge in [-0.3, -0.25) is 0 Å². The van der Waals surface area contributed by atoms with E-state index in [0.29, 0.717) is 28.8 Å². The maximum atomic E-state index is 12.9. The number of halogens is 4.